The molecule has 0 fully saturated rings. The van der Waals surface area contributed by atoms with Crippen molar-refractivity contribution in [2.45, 2.75) is 32.1 Å². The quantitative estimate of drug-likeness (QED) is 0.723. The molecular formula is C22H20N2O3. The molecule has 0 radical (unpaired) electrons. The zero-order valence-corrected chi connectivity index (χ0v) is 15.2. The van der Waals surface area contributed by atoms with Crippen molar-refractivity contribution >= 4 is 16.9 Å². The number of benzene rings is 2. The van der Waals surface area contributed by atoms with Gasteiger partial charge in [0.15, 0.2) is 0 Å². The topological polar surface area (TPSA) is 93.9 Å². The van der Waals surface area contributed by atoms with Gasteiger partial charge in [-0.3, -0.25) is 4.79 Å². The van der Waals surface area contributed by atoms with Gasteiger partial charge in [0.2, 0.25) is 0 Å². The Hall–Kier alpha value is -3.39. The van der Waals surface area contributed by atoms with E-state index in [2.05, 4.69) is 11.1 Å². The fourth-order valence-corrected chi connectivity index (χ4v) is 3.28. The summed E-state index contributed by atoms with van der Waals surface area (Å²) in [4.78, 5) is 26.2. The average Bonchev–Trinajstić information content (AvgIpc) is 2.67. The predicted octanol–water partition coefficient (Wildman–Crippen LogP) is 3.81. The summed E-state index contributed by atoms with van der Waals surface area (Å²) >= 11 is 0. The minimum absolute atomic E-state index is 0.116. The molecule has 1 atom stereocenters. The van der Waals surface area contributed by atoms with Gasteiger partial charge in [-0.1, -0.05) is 31.2 Å². The van der Waals surface area contributed by atoms with E-state index in [1.165, 1.54) is 6.07 Å². The van der Waals surface area contributed by atoms with E-state index in [4.69, 9.17) is 0 Å². The molecular weight excluding hydrogens is 340 g/mol. The Morgan fingerprint density at radius 2 is 2.00 bits per heavy atom. The number of nitriles is 1. The van der Waals surface area contributed by atoms with E-state index in [0.717, 1.165) is 22.1 Å². The third-order valence-electron chi connectivity index (χ3n) is 4.92. The van der Waals surface area contributed by atoms with Gasteiger partial charge in [0, 0.05) is 11.1 Å². The van der Waals surface area contributed by atoms with Crippen LogP contribution in [0.15, 0.2) is 53.3 Å². The number of nitrogens with zero attached hydrogens (tertiary/aromatic N) is 1. The highest BCUT2D eigenvalue weighted by atomic mass is 16.4. The molecule has 0 aliphatic carbocycles. The van der Waals surface area contributed by atoms with Gasteiger partial charge in [-0.05, 0) is 60.5 Å². The van der Waals surface area contributed by atoms with E-state index in [1.807, 2.05) is 44.2 Å². The molecule has 136 valence electrons. The maximum Gasteiger partial charge on any atom is 0.335 e. The molecule has 3 aromatic rings. The van der Waals surface area contributed by atoms with Gasteiger partial charge in [0.25, 0.3) is 5.56 Å². The summed E-state index contributed by atoms with van der Waals surface area (Å²) in [6.45, 7) is 3.75. The van der Waals surface area contributed by atoms with Crippen LogP contribution in [0.4, 0.5) is 0 Å². The molecule has 5 nitrogen and oxygen atoms in total. The molecule has 2 aromatic carbocycles. The lowest BCUT2D eigenvalue weighted by Gasteiger charge is -2.23. The monoisotopic (exact) mass is 360 g/mol. The number of carboxylic acid groups (broad SMARTS) is 1. The zero-order valence-electron chi connectivity index (χ0n) is 15.2. The normalized spacial score (nSPS) is 13.1. The van der Waals surface area contributed by atoms with Crippen LogP contribution in [0.25, 0.3) is 10.9 Å². The molecule has 0 aliphatic rings. The number of aryl methyl sites for hydroxylation is 1. The van der Waals surface area contributed by atoms with Crippen molar-refractivity contribution < 1.29 is 9.90 Å². The summed E-state index contributed by atoms with van der Waals surface area (Å²) in [7, 11) is 0. The van der Waals surface area contributed by atoms with E-state index in [-0.39, 0.29) is 11.1 Å². The third kappa shape index (κ3) is 3.61. The number of nitrogens with one attached hydrogen (secondary N) is 1. The molecule has 1 unspecified atom stereocenters. The lowest BCUT2D eigenvalue weighted by Crippen LogP contribution is -2.23. The summed E-state index contributed by atoms with van der Waals surface area (Å²) < 4.78 is 0. The second kappa shape index (κ2) is 7.08. The number of rotatable bonds is 5. The first-order valence-corrected chi connectivity index (χ1v) is 8.76. The Labute approximate surface area is 156 Å². The number of pyridine rings is 1. The standard InChI is InChI=1S/C22H20N2O3/c1-3-15-10-16-7-8-18(11-19(16)24-20(15)25)22(2,13-23)12-14-5-4-6-17(9-14)21(26)27/h4-11H,3,12H2,1-2H3,(H,24,25)(H,26,27). The third-order valence-corrected chi connectivity index (χ3v) is 4.92. The maximum atomic E-state index is 12.1. The molecule has 5 heteroatoms. The Bertz CT molecular complexity index is 1120. The van der Waals surface area contributed by atoms with Gasteiger partial charge in [-0.25, -0.2) is 4.79 Å². The highest BCUT2D eigenvalue weighted by molar-refractivity contribution is 5.87. The molecule has 0 spiro atoms. The van der Waals surface area contributed by atoms with Crippen LogP contribution < -0.4 is 5.56 Å². The Balaban J connectivity index is 2.03. The van der Waals surface area contributed by atoms with Crippen molar-refractivity contribution in [2.24, 2.45) is 0 Å². The number of carboxylic acids is 1. The number of fused-ring (bicyclic) bond motifs is 1. The molecule has 0 saturated carbocycles. The lowest BCUT2D eigenvalue weighted by molar-refractivity contribution is 0.0696. The first-order chi connectivity index (χ1) is 12.9. The van der Waals surface area contributed by atoms with Crippen molar-refractivity contribution in [3.63, 3.8) is 0 Å². The fourth-order valence-electron chi connectivity index (χ4n) is 3.28. The van der Waals surface area contributed by atoms with Crippen LogP contribution in [0.2, 0.25) is 0 Å². The lowest BCUT2D eigenvalue weighted by atomic mass is 9.78. The highest BCUT2D eigenvalue weighted by Crippen LogP contribution is 2.30. The SMILES string of the molecule is CCc1cc2ccc(C(C)(C#N)Cc3cccc(C(=O)O)c3)cc2[nH]c1=O. The molecule has 0 bridgehead atoms. The van der Waals surface area contributed by atoms with Gasteiger partial charge < -0.3 is 10.1 Å². The molecule has 0 amide bonds. The van der Waals surface area contributed by atoms with Crippen LogP contribution in [0.1, 0.15) is 40.9 Å². The van der Waals surface area contributed by atoms with Crippen molar-refractivity contribution in [1.29, 1.82) is 5.26 Å². The zero-order chi connectivity index (χ0) is 19.6. The molecule has 0 aliphatic heterocycles. The number of carbonyl (C=O) groups is 1. The van der Waals surface area contributed by atoms with E-state index in [9.17, 15) is 20.0 Å². The molecule has 27 heavy (non-hydrogen) atoms. The first kappa shape index (κ1) is 18.4. The van der Waals surface area contributed by atoms with Gasteiger partial charge in [-0.15, -0.1) is 0 Å². The number of aromatic nitrogens is 1. The summed E-state index contributed by atoms with van der Waals surface area (Å²) in [5, 5.41) is 19.9. The molecule has 3 rings (SSSR count). The maximum absolute atomic E-state index is 12.1. The molecule has 0 saturated heterocycles. The minimum Gasteiger partial charge on any atom is -0.478 e. The van der Waals surface area contributed by atoms with Crippen LogP contribution >= 0.6 is 0 Å². The summed E-state index contributed by atoms with van der Waals surface area (Å²) in [6, 6.07) is 16.5. The van der Waals surface area contributed by atoms with E-state index >= 15 is 0 Å². The first-order valence-electron chi connectivity index (χ1n) is 8.76. The smallest absolute Gasteiger partial charge is 0.335 e. The van der Waals surface area contributed by atoms with Crippen LogP contribution in [-0.2, 0) is 18.3 Å². The molecule has 2 N–H and O–H groups in total. The van der Waals surface area contributed by atoms with Gasteiger partial charge in [0.1, 0.15) is 0 Å². The van der Waals surface area contributed by atoms with Crippen LogP contribution in [-0.4, -0.2) is 16.1 Å². The average molecular weight is 360 g/mol. The van der Waals surface area contributed by atoms with E-state index < -0.39 is 11.4 Å². The van der Waals surface area contributed by atoms with Crippen molar-refractivity contribution in [3.8, 4) is 6.07 Å². The van der Waals surface area contributed by atoms with Gasteiger partial charge >= 0.3 is 5.97 Å². The Morgan fingerprint density at radius 1 is 1.22 bits per heavy atom. The summed E-state index contributed by atoms with van der Waals surface area (Å²) in [6.07, 6.45) is 1.02. The number of hydrogen-bond donors (Lipinski definition) is 2. The predicted molar refractivity (Wildman–Crippen MR) is 104 cm³/mol. The summed E-state index contributed by atoms with van der Waals surface area (Å²) in [5.41, 5.74) is 2.19. The number of aromatic amines is 1. The Morgan fingerprint density at radius 3 is 2.67 bits per heavy atom. The molecule has 1 heterocycles. The van der Waals surface area contributed by atoms with E-state index in [0.29, 0.717) is 18.4 Å². The highest BCUT2D eigenvalue weighted by Gasteiger charge is 2.27. The minimum atomic E-state index is -0.995. The van der Waals surface area contributed by atoms with Crippen LogP contribution in [0, 0.1) is 11.3 Å². The number of H-pyrrole nitrogens is 1. The Kier molecular flexibility index (Phi) is 4.83. The van der Waals surface area contributed by atoms with Crippen LogP contribution in [0.5, 0.6) is 0 Å². The number of hydrogen-bond acceptors (Lipinski definition) is 3. The van der Waals surface area contributed by atoms with E-state index in [1.54, 1.807) is 12.1 Å². The van der Waals surface area contributed by atoms with Crippen molar-refractivity contribution in [3.05, 3.63) is 81.1 Å². The molecule has 1 aromatic heterocycles. The van der Waals surface area contributed by atoms with Crippen LogP contribution in [0.3, 0.4) is 0 Å². The van der Waals surface area contributed by atoms with Gasteiger partial charge in [-0.2, -0.15) is 5.26 Å². The summed E-state index contributed by atoms with van der Waals surface area (Å²) in [5.74, 6) is -0.995. The number of aromatic carboxylic acids is 1. The van der Waals surface area contributed by atoms with Crippen molar-refractivity contribution in [1.82, 2.24) is 4.98 Å². The second-order valence-corrected chi connectivity index (χ2v) is 6.91. The van der Waals surface area contributed by atoms with Crippen molar-refractivity contribution in [2.75, 3.05) is 0 Å². The fraction of sp³-hybridized carbons (Fsp3) is 0.227. The van der Waals surface area contributed by atoms with Gasteiger partial charge in [0.05, 0.1) is 17.0 Å². The second-order valence-electron chi connectivity index (χ2n) is 6.91. The largest absolute Gasteiger partial charge is 0.478 e.